The summed E-state index contributed by atoms with van der Waals surface area (Å²) in [6.07, 6.45) is 0. The van der Waals surface area contributed by atoms with Crippen molar-refractivity contribution < 1.29 is 13.5 Å². The molecule has 0 bridgehead atoms. The lowest BCUT2D eigenvalue weighted by atomic mass is 10.2. The van der Waals surface area contributed by atoms with E-state index in [1.807, 2.05) is 0 Å². The normalized spacial score (nSPS) is 11.8. The van der Waals surface area contributed by atoms with Crippen molar-refractivity contribution >= 4 is 44.6 Å². The fourth-order valence-corrected chi connectivity index (χ4v) is 4.39. The minimum Gasteiger partial charge on any atom is -0.392 e. The zero-order valence-corrected chi connectivity index (χ0v) is 14.1. The summed E-state index contributed by atoms with van der Waals surface area (Å²) >= 11 is 13.2. The third-order valence-corrected chi connectivity index (χ3v) is 5.94. The first-order valence-electron chi connectivity index (χ1n) is 5.82. The van der Waals surface area contributed by atoms with Gasteiger partial charge in [-0.1, -0.05) is 23.2 Å². The molecule has 5 nitrogen and oxygen atoms in total. The Morgan fingerprint density at radius 1 is 1.38 bits per heavy atom. The molecule has 1 aromatic heterocycles. The largest absolute Gasteiger partial charge is 0.392 e. The van der Waals surface area contributed by atoms with Crippen molar-refractivity contribution in [2.75, 3.05) is 0 Å². The third kappa shape index (κ3) is 3.74. The van der Waals surface area contributed by atoms with Gasteiger partial charge >= 0.3 is 0 Å². The van der Waals surface area contributed by atoms with E-state index in [2.05, 4.69) is 9.71 Å². The molecule has 2 rings (SSSR count). The summed E-state index contributed by atoms with van der Waals surface area (Å²) in [5.74, 6) is 0. The van der Waals surface area contributed by atoms with Crippen molar-refractivity contribution in [3.8, 4) is 0 Å². The number of nitrogens with one attached hydrogen (secondary N) is 1. The number of sulfonamides is 1. The van der Waals surface area contributed by atoms with Crippen molar-refractivity contribution in [1.29, 1.82) is 0 Å². The van der Waals surface area contributed by atoms with Gasteiger partial charge in [-0.15, -0.1) is 11.3 Å². The lowest BCUT2D eigenvalue weighted by Crippen LogP contribution is -2.23. The molecule has 1 heterocycles. The molecular formula is C12H12Cl2N2O3S2. The molecule has 0 atom stereocenters. The predicted octanol–water partition coefficient (Wildman–Crippen LogP) is 2.73. The first-order chi connectivity index (χ1) is 9.85. The van der Waals surface area contributed by atoms with E-state index in [1.165, 1.54) is 23.5 Å². The Bertz CT molecular complexity index is 760. The average Bonchev–Trinajstić information content (AvgIpc) is 2.84. The second-order valence-corrected chi connectivity index (χ2v) is 7.71. The number of aromatic nitrogens is 1. The van der Waals surface area contributed by atoms with Gasteiger partial charge in [0.05, 0.1) is 22.8 Å². The molecule has 0 saturated carbocycles. The molecular weight excluding hydrogens is 355 g/mol. The number of aliphatic hydroxyl groups excluding tert-OH is 1. The summed E-state index contributed by atoms with van der Waals surface area (Å²) in [5, 5.41) is 9.35. The van der Waals surface area contributed by atoms with Crippen LogP contribution < -0.4 is 4.72 Å². The minimum absolute atomic E-state index is 0.0320. The zero-order chi connectivity index (χ0) is 15.6. The van der Waals surface area contributed by atoms with Crippen LogP contribution in [0.2, 0.25) is 10.0 Å². The maximum Gasteiger partial charge on any atom is 0.242 e. The maximum absolute atomic E-state index is 12.3. The number of hydrogen-bond donors (Lipinski definition) is 2. The second-order valence-electron chi connectivity index (χ2n) is 4.22. The molecule has 0 fully saturated rings. The lowest BCUT2D eigenvalue weighted by molar-refractivity contribution is 0.281. The molecule has 0 unspecified atom stereocenters. The number of halogens is 2. The van der Waals surface area contributed by atoms with Gasteiger partial charge < -0.3 is 5.11 Å². The Morgan fingerprint density at radius 3 is 2.67 bits per heavy atom. The topological polar surface area (TPSA) is 79.3 Å². The van der Waals surface area contributed by atoms with Crippen molar-refractivity contribution in [3.63, 3.8) is 0 Å². The highest BCUT2D eigenvalue weighted by Gasteiger charge is 2.21. The molecule has 9 heteroatoms. The second kappa shape index (κ2) is 6.60. The quantitative estimate of drug-likeness (QED) is 0.852. The minimum atomic E-state index is -3.84. The van der Waals surface area contributed by atoms with E-state index in [0.717, 1.165) is 10.6 Å². The monoisotopic (exact) mass is 366 g/mol. The summed E-state index contributed by atoms with van der Waals surface area (Å²) in [6.45, 7) is 1.53. The molecule has 0 aliphatic rings. The summed E-state index contributed by atoms with van der Waals surface area (Å²) < 4.78 is 27.1. The number of aryl methyl sites for hydroxylation is 1. The number of rotatable bonds is 5. The van der Waals surface area contributed by atoms with Gasteiger partial charge in [0, 0.05) is 16.4 Å². The summed E-state index contributed by atoms with van der Waals surface area (Å²) in [6, 6.07) is 2.68. The van der Waals surface area contributed by atoms with E-state index < -0.39 is 16.6 Å². The fraction of sp³-hybridized carbons (Fsp3) is 0.250. The summed E-state index contributed by atoms with van der Waals surface area (Å²) in [5.41, 5.74) is 2.68. The van der Waals surface area contributed by atoms with Crippen LogP contribution in [0, 0.1) is 6.92 Å². The molecule has 2 aromatic rings. The average molecular weight is 367 g/mol. The van der Waals surface area contributed by atoms with Gasteiger partial charge in [-0.25, -0.2) is 18.1 Å². The van der Waals surface area contributed by atoms with E-state index >= 15 is 0 Å². The Morgan fingerprint density at radius 2 is 2.10 bits per heavy atom. The van der Waals surface area contributed by atoms with Crippen LogP contribution >= 0.6 is 34.5 Å². The molecule has 1 aromatic carbocycles. The first kappa shape index (κ1) is 16.7. The smallest absolute Gasteiger partial charge is 0.242 e. The van der Waals surface area contributed by atoms with Crippen LogP contribution in [-0.4, -0.2) is 18.5 Å². The number of thiazole rings is 1. The number of hydrogen-bond acceptors (Lipinski definition) is 5. The van der Waals surface area contributed by atoms with Gasteiger partial charge in [-0.2, -0.15) is 0 Å². The van der Waals surface area contributed by atoms with Gasteiger partial charge in [-0.05, 0) is 24.6 Å². The van der Waals surface area contributed by atoms with Crippen molar-refractivity contribution in [1.82, 2.24) is 9.71 Å². The molecule has 0 aliphatic carbocycles. The molecule has 0 amide bonds. The van der Waals surface area contributed by atoms with Gasteiger partial charge in [0.2, 0.25) is 10.0 Å². The van der Waals surface area contributed by atoms with E-state index in [1.54, 1.807) is 12.4 Å². The van der Waals surface area contributed by atoms with Gasteiger partial charge in [-0.3, -0.25) is 0 Å². The molecule has 0 saturated heterocycles. The predicted molar refractivity (Wildman–Crippen MR) is 83.3 cm³/mol. The zero-order valence-electron chi connectivity index (χ0n) is 10.9. The van der Waals surface area contributed by atoms with Crippen LogP contribution in [0.25, 0.3) is 0 Å². The van der Waals surface area contributed by atoms with Crippen molar-refractivity contribution in [3.05, 3.63) is 43.8 Å². The number of aliphatic hydroxyl groups is 1. The molecule has 0 aliphatic heterocycles. The Balaban J connectivity index is 2.32. The van der Waals surface area contributed by atoms with Crippen LogP contribution in [-0.2, 0) is 23.2 Å². The van der Waals surface area contributed by atoms with E-state index in [0.29, 0.717) is 0 Å². The standard InChI is InChI=1S/C12H12Cl2N2O3S2/c1-7-10(20-6-15-7)4-16-21(18,19)11-3-9(13)2-8(5-17)12(11)14/h2-3,6,16-17H,4-5H2,1H3. The molecule has 0 spiro atoms. The van der Waals surface area contributed by atoms with E-state index in [-0.39, 0.29) is 27.0 Å². The SMILES string of the molecule is Cc1ncsc1CNS(=O)(=O)c1cc(Cl)cc(CO)c1Cl. The summed E-state index contributed by atoms with van der Waals surface area (Å²) in [7, 11) is -3.84. The van der Waals surface area contributed by atoms with Crippen LogP contribution in [0.3, 0.4) is 0 Å². The van der Waals surface area contributed by atoms with E-state index in [9.17, 15) is 13.5 Å². The van der Waals surface area contributed by atoms with Crippen molar-refractivity contribution in [2.45, 2.75) is 25.0 Å². The number of benzene rings is 1. The Labute approximate surface area is 136 Å². The maximum atomic E-state index is 12.3. The fourth-order valence-electron chi connectivity index (χ4n) is 1.66. The van der Waals surface area contributed by atoms with Gasteiger partial charge in [0.25, 0.3) is 0 Å². The lowest BCUT2D eigenvalue weighted by Gasteiger charge is -2.11. The Kier molecular flexibility index (Phi) is 5.24. The highest BCUT2D eigenvalue weighted by Crippen LogP contribution is 2.29. The molecule has 114 valence electrons. The Hall–Kier alpha value is -0.700. The summed E-state index contributed by atoms with van der Waals surface area (Å²) in [4.78, 5) is 4.72. The van der Waals surface area contributed by atoms with Crippen LogP contribution in [0.5, 0.6) is 0 Å². The van der Waals surface area contributed by atoms with Gasteiger partial charge in [0.1, 0.15) is 4.90 Å². The molecule has 2 N–H and O–H groups in total. The van der Waals surface area contributed by atoms with Crippen molar-refractivity contribution in [2.24, 2.45) is 0 Å². The highest BCUT2D eigenvalue weighted by atomic mass is 35.5. The highest BCUT2D eigenvalue weighted by molar-refractivity contribution is 7.89. The van der Waals surface area contributed by atoms with Gasteiger partial charge in [0.15, 0.2) is 0 Å². The third-order valence-electron chi connectivity index (χ3n) is 2.81. The molecule has 21 heavy (non-hydrogen) atoms. The number of nitrogens with zero attached hydrogens (tertiary/aromatic N) is 1. The van der Waals surface area contributed by atoms with E-state index in [4.69, 9.17) is 23.2 Å². The van der Waals surface area contributed by atoms with Crippen LogP contribution in [0.15, 0.2) is 22.5 Å². The van der Waals surface area contributed by atoms with Crippen LogP contribution in [0.4, 0.5) is 0 Å². The van der Waals surface area contributed by atoms with Crippen LogP contribution in [0.1, 0.15) is 16.1 Å². The first-order valence-corrected chi connectivity index (χ1v) is 8.94. The molecule has 0 radical (unpaired) electrons.